The lowest BCUT2D eigenvalue weighted by Crippen LogP contribution is -2.24. The summed E-state index contributed by atoms with van der Waals surface area (Å²) in [6, 6.07) is 0. The second-order valence-electron chi connectivity index (χ2n) is 12.3. The number of hydrogen-bond acceptors (Lipinski definition) is 3. The van der Waals surface area contributed by atoms with Gasteiger partial charge in [-0.2, -0.15) is 0 Å². The smallest absolute Gasteiger partial charge is 0.104 e. The van der Waals surface area contributed by atoms with E-state index in [1.54, 1.807) is 0 Å². The quantitative estimate of drug-likeness (QED) is 0.0612. The molecule has 0 aliphatic rings. The van der Waals surface area contributed by atoms with Crippen molar-refractivity contribution in [3.63, 3.8) is 0 Å². The summed E-state index contributed by atoms with van der Waals surface area (Å²) < 4.78 is 11.6. The molecule has 0 aliphatic carbocycles. The number of unbranched alkanes of at least 4 members (excludes halogenated alkanes) is 25. The maximum absolute atomic E-state index is 9.58. The summed E-state index contributed by atoms with van der Waals surface area (Å²) in [7, 11) is 0. The largest absolute Gasteiger partial charge is 0.394 e. The molecule has 3 nitrogen and oxygen atoms in total. The molecule has 0 aromatic heterocycles. The third kappa shape index (κ3) is 33.8. The van der Waals surface area contributed by atoms with E-state index < -0.39 is 0 Å². The van der Waals surface area contributed by atoms with Crippen LogP contribution in [0.2, 0.25) is 0 Å². The zero-order chi connectivity index (χ0) is 29.0. The Morgan fingerprint density at radius 1 is 0.450 bits per heavy atom. The van der Waals surface area contributed by atoms with Gasteiger partial charge < -0.3 is 14.6 Å². The first kappa shape index (κ1) is 39.6. The Kier molecular flexibility index (Phi) is 36.3. The number of ether oxygens (including phenoxy) is 2. The molecule has 3 heteroatoms. The van der Waals surface area contributed by atoms with E-state index in [0.717, 1.165) is 26.1 Å². The molecule has 0 saturated carbocycles. The number of hydrogen-bond donors (Lipinski definition) is 1. The highest BCUT2D eigenvalue weighted by Gasteiger charge is 2.07. The molecule has 0 spiro atoms. The van der Waals surface area contributed by atoms with Gasteiger partial charge in [0.25, 0.3) is 0 Å². The monoisotopic (exact) mass is 567 g/mol. The van der Waals surface area contributed by atoms with Gasteiger partial charge >= 0.3 is 0 Å². The minimum absolute atomic E-state index is 0.0615. The molecule has 0 radical (unpaired) electrons. The molecule has 0 fully saturated rings. The molecular formula is C37H74O3. The van der Waals surface area contributed by atoms with Crippen molar-refractivity contribution in [1.29, 1.82) is 0 Å². The van der Waals surface area contributed by atoms with Crippen molar-refractivity contribution in [3.05, 3.63) is 12.2 Å². The number of allylic oxidation sites excluding steroid dienone is 2. The van der Waals surface area contributed by atoms with E-state index in [1.165, 1.54) is 167 Å². The molecule has 0 heterocycles. The minimum atomic E-state index is -0.156. The van der Waals surface area contributed by atoms with Crippen LogP contribution in [-0.4, -0.2) is 37.6 Å². The SMILES string of the molecule is CCCCCCCC/C=C\CCCCCCCCOC[C@@H](CO)OCCCCCCCCCCCCCCCC. The third-order valence-electron chi connectivity index (χ3n) is 8.16. The maximum atomic E-state index is 9.58. The van der Waals surface area contributed by atoms with Crippen LogP contribution in [0.4, 0.5) is 0 Å². The van der Waals surface area contributed by atoms with E-state index in [4.69, 9.17) is 9.47 Å². The van der Waals surface area contributed by atoms with Crippen LogP contribution < -0.4 is 0 Å². The molecule has 0 aliphatic heterocycles. The van der Waals surface area contributed by atoms with Gasteiger partial charge in [0, 0.05) is 13.2 Å². The van der Waals surface area contributed by atoms with E-state index in [0.29, 0.717) is 6.61 Å². The summed E-state index contributed by atoms with van der Waals surface area (Å²) in [5.41, 5.74) is 0. The van der Waals surface area contributed by atoms with Crippen molar-refractivity contribution in [2.75, 3.05) is 26.4 Å². The fourth-order valence-electron chi connectivity index (χ4n) is 5.37. The molecule has 240 valence electrons. The first-order valence-corrected chi connectivity index (χ1v) is 18.3. The molecule has 0 aromatic rings. The van der Waals surface area contributed by atoms with Crippen LogP contribution in [0.25, 0.3) is 0 Å². The molecule has 1 N–H and O–H groups in total. The van der Waals surface area contributed by atoms with Gasteiger partial charge in [0.05, 0.1) is 13.2 Å². The number of aliphatic hydroxyl groups excluding tert-OH is 1. The van der Waals surface area contributed by atoms with Crippen LogP contribution in [0.5, 0.6) is 0 Å². The number of aliphatic hydroxyl groups is 1. The van der Waals surface area contributed by atoms with Crippen LogP contribution in [-0.2, 0) is 9.47 Å². The molecule has 0 bridgehead atoms. The Morgan fingerprint density at radius 3 is 1.20 bits per heavy atom. The summed E-state index contributed by atoms with van der Waals surface area (Å²) in [6.07, 6.45) is 42.4. The molecule has 0 saturated heterocycles. The zero-order valence-electron chi connectivity index (χ0n) is 27.6. The second-order valence-corrected chi connectivity index (χ2v) is 12.3. The lowest BCUT2D eigenvalue weighted by molar-refractivity contribution is -0.0437. The average Bonchev–Trinajstić information content (AvgIpc) is 2.97. The van der Waals surface area contributed by atoms with E-state index in [1.807, 2.05) is 0 Å². The van der Waals surface area contributed by atoms with Crippen LogP contribution in [0.1, 0.15) is 194 Å². The Labute approximate surface area is 252 Å². The third-order valence-corrected chi connectivity index (χ3v) is 8.16. The minimum Gasteiger partial charge on any atom is -0.394 e. The molecular weight excluding hydrogens is 492 g/mol. The Balaban J connectivity index is 3.29. The highest BCUT2D eigenvalue weighted by atomic mass is 16.5. The van der Waals surface area contributed by atoms with E-state index in [2.05, 4.69) is 26.0 Å². The van der Waals surface area contributed by atoms with Crippen molar-refractivity contribution in [1.82, 2.24) is 0 Å². The van der Waals surface area contributed by atoms with E-state index >= 15 is 0 Å². The summed E-state index contributed by atoms with van der Waals surface area (Å²) in [6.45, 7) is 6.70. The molecule has 0 amide bonds. The van der Waals surface area contributed by atoms with Crippen molar-refractivity contribution in [3.8, 4) is 0 Å². The Hall–Kier alpha value is -0.380. The summed E-state index contributed by atoms with van der Waals surface area (Å²) in [4.78, 5) is 0. The van der Waals surface area contributed by atoms with Crippen molar-refractivity contribution in [2.45, 2.75) is 200 Å². The predicted molar refractivity (Wildman–Crippen MR) is 177 cm³/mol. The van der Waals surface area contributed by atoms with Gasteiger partial charge in [-0.15, -0.1) is 0 Å². The normalized spacial score (nSPS) is 12.6. The highest BCUT2D eigenvalue weighted by Crippen LogP contribution is 2.13. The topological polar surface area (TPSA) is 38.7 Å². The lowest BCUT2D eigenvalue weighted by atomic mass is 10.0. The van der Waals surface area contributed by atoms with Gasteiger partial charge in [0.15, 0.2) is 0 Å². The number of rotatable bonds is 35. The van der Waals surface area contributed by atoms with Gasteiger partial charge in [-0.1, -0.05) is 167 Å². The molecule has 40 heavy (non-hydrogen) atoms. The van der Waals surface area contributed by atoms with Gasteiger partial charge in [-0.3, -0.25) is 0 Å². The molecule has 0 aromatic carbocycles. The van der Waals surface area contributed by atoms with Crippen LogP contribution in [0, 0.1) is 0 Å². The summed E-state index contributed by atoms with van der Waals surface area (Å²) >= 11 is 0. The van der Waals surface area contributed by atoms with Gasteiger partial charge in [0.2, 0.25) is 0 Å². The first-order valence-electron chi connectivity index (χ1n) is 18.3. The highest BCUT2D eigenvalue weighted by molar-refractivity contribution is 4.81. The summed E-state index contributed by atoms with van der Waals surface area (Å²) in [5.74, 6) is 0. The van der Waals surface area contributed by atoms with Crippen molar-refractivity contribution >= 4 is 0 Å². The fraction of sp³-hybridized carbons (Fsp3) is 0.946. The molecule has 1 atom stereocenters. The molecule has 0 unspecified atom stereocenters. The van der Waals surface area contributed by atoms with E-state index in [-0.39, 0.29) is 12.7 Å². The maximum Gasteiger partial charge on any atom is 0.104 e. The van der Waals surface area contributed by atoms with Gasteiger partial charge in [-0.05, 0) is 38.5 Å². The average molecular weight is 567 g/mol. The van der Waals surface area contributed by atoms with Crippen LogP contribution >= 0.6 is 0 Å². The van der Waals surface area contributed by atoms with Crippen LogP contribution in [0.3, 0.4) is 0 Å². The fourth-order valence-corrected chi connectivity index (χ4v) is 5.37. The predicted octanol–water partition coefficient (Wildman–Crippen LogP) is 11.9. The molecule has 0 rings (SSSR count). The first-order chi connectivity index (χ1) is 19.8. The second kappa shape index (κ2) is 36.6. The Morgan fingerprint density at radius 2 is 0.800 bits per heavy atom. The van der Waals surface area contributed by atoms with Crippen molar-refractivity contribution < 1.29 is 14.6 Å². The van der Waals surface area contributed by atoms with Crippen LogP contribution in [0.15, 0.2) is 12.2 Å². The zero-order valence-corrected chi connectivity index (χ0v) is 27.6. The van der Waals surface area contributed by atoms with Gasteiger partial charge in [0.1, 0.15) is 6.10 Å². The summed E-state index contributed by atoms with van der Waals surface area (Å²) in [5, 5.41) is 9.58. The lowest BCUT2D eigenvalue weighted by Gasteiger charge is -2.15. The Bertz CT molecular complexity index is 464. The van der Waals surface area contributed by atoms with Crippen molar-refractivity contribution in [2.24, 2.45) is 0 Å². The van der Waals surface area contributed by atoms with E-state index in [9.17, 15) is 5.11 Å². The standard InChI is InChI=1S/C37H74O3/c1-3-5-7-9-11-13-15-17-19-20-21-23-25-27-29-31-33-39-36-37(35-38)40-34-32-30-28-26-24-22-18-16-14-12-10-8-6-4-2/h17,19,37-38H,3-16,18,20-36H2,1-2H3/b19-17-/t37-/m1/s1. The van der Waals surface area contributed by atoms with Gasteiger partial charge in [-0.25, -0.2) is 0 Å².